The van der Waals surface area contributed by atoms with Crippen LogP contribution in [0.1, 0.15) is 25.1 Å². The van der Waals surface area contributed by atoms with E-state index in [0.717, 1.165) is 32.5 Å². The number of anilines is 1. The molecule has 2 aromatic rings. The largest absolute Gasteiger partial charge is 0.372 e. The molecule has 1 amide bonds. The van der Waals surface area contributed by atoms with Crippen molar-refractivity contribution in [3.05, 3.63) is 52.5 Å². The highest BCUT2D eigenvalue weighted by molar-refractivity contribution is 7.09. The summed E-state index contributed by atoms with van der Waals surface area (Å²) in [6.07, 6.45) is 1.26. The van der Waals surface area contributed by atoms with Gasteiger partial charge in [0.25, 0.3) is 5.91 Å². The maximum atomic E-state index is 14.6. The summed E-state index contributed by atoms with van der Waals surface area (Å²) in [6, 6.07) is 10.7. The Balaban J connectivity index is 1.74. The van der Waals surface area contributed by atoms with Crippen molar-refractivity contribution in [2.24, 2.45) is 5.92 Å². The van der Waals surface area contributed by atoms with Crippen molar-refractivity contribution in [2.75, 3.05) is 31.6 Å². The Morgan fingerprint density at radius 3 is 2.79 bits per heavy atom. The molecule has 6 heteroatoms. The number of piperidine rings is 1. The number of halogens is 1. The van der Waals surface area contributed by atoms with Crippen LogP contribution in [0, 0.1) is 11.7 Å². The van der Waals surface area contributed by atoms with Crippen LogP contribution in [-0.2, 0) is 16.0 Å². The second kappa shape index (κ2) is 9.63. The van der Waals surface area contributed by atoms with E-state index in [1.807, 2.05) is 0 Å². The van der Waals surface area contributed by atoms with E-state index in [4.69, 9.17) is 4.74 Å². The summed E-state index contributed by atoms with van der Waals surface area (Å²) < 4.78 is 19.8. The summed E-state index contributed by atoms with van der Waals surface area (Å²) in [4.78, 5) is 18.5. The number of likely N-dealkylation sites (tertiary alicyclic amines) is 1. The molecule has 0 saturated carbocycles. The van der Waals surface area contributed by atoms with Crippen LogP contribution in [0.15, 0.2) is 41.8 Å². The lowest BCUT2D eigenvalue weighted by Crippen LogP contribution is -2.55. The zero-order valence-corrected chi connectivity index (χ0v) is 17.6. The van der Waals surface area contributed by atoms with E-state index in [0.29, 0.717) is 5.69 Å². The van der Waals surface area contributed by atoms with Gasteiger partial charge in [0, 0.05) is 37.7 Å². The molecule has 0 spiro atoms. The molecule has 2 heterocycles. The lowest BCUT2D eigenvalue weighted by molar-refractivity contribution is -0.128. The van der Waals surface area contributed by atoms with E-state index in [1.165, 1.54) is 18.1 Å². The number of amides is 1. The molecule has 0 radical (unpaired) electrons. The lowest BCUT2D eigenvalue weighted by atomic mass is 9.91. The summed E-state index contributed by atoms with van der Waals surface area (Å²) in [5.74, 6) is -0.312. The molecule has 1 saturated heterocycles. The van der Waals surface area contributed by atoms with Crippen LogP contribution in [-0.4, -0.2) is 49.7 Å². The zero-order chi connectivity index (χ0) is 20.1. The molecular weight excluding hydrogens is 375 g/mol. The standard InChI is InChI=1S/C22H29FN2O2S/c1-16-15-24(12-10-18-7-6-14-28-18)13-11-20(16)25(22(26)17(2)27-3)21-9-5-4-8-19(21)23/h4-9,14,16-17,20H,10-13,15H2,1-3H3/t16-,17?,20-/m0/s1. The Labute approximate surface area is 170 Å². The number of benzene rings is 1. The maximum absolute atomic E-state index is 14.6. The van der Waals surface area contributed by atoms with Gasteiger partial charge in [-0.3, -0.25) is 4.79 Å². The average molecular weight is 405 g/mol. The lowest BCUT2D eigenvalue weighted by Gasteiger charge is -2.43. The summed E-state index contributed by atoms with van der Waals surface area (Å²) in [7, 11) is 1.51. The minimum Gasteiger partial charge on any atom is -0.372 e. The van der Waals surface area contributed by atoms with Gasteiger partial charge in [-0.2, -0.15) is 0 Å². The molecule has 3 rings (SSSR count). The van der Waals surface area contributed by atoms with Crippen molar-refractivity contribution in [1.29, 1.82) is 0 Å². The Kier molecular flexibility index (Phi) is 7.21. The number of ether oxygens (including phenoxy) is 1. The molecule has 4 nitrogen and oxygen atoms in total. The Morgan fingerprint density at radius 2 is 2.14 bits per heavy atom. The number of thiophene rings is 1. The van der Waals surface area contributed by atoms with Gasteiger partial charge in [-0.05, 0) is 49.3 Å². The van der Waals surface area contributed by atoms with Crippen molar-refractivity contribution < 1.29 is 13.9 Å². The number of nitrogens with zero attached hydrogens (tertiary/aromatic N) is 2. The van der Waals surface area contributed by atoms with Crippen LogP contribution in [0.4, 0.5) is 10.1 Å². The predicted molar refractivity (Wildman–Crippen MR) is 112 cm³/mol. The third-order valence-electron chi connectivity index (χ3n) is 5.58. The number of rotatable bonds is 7. The van der Waals surface area contributed by atoms with E-state index in [-0.39, 0.29) is 23.7 Å². The normalized spacial score (nSPS) is 21.4. The molecule has 1 unspecified atom stereocenters. The molecule has 28 heavy (non-hydrogen) atoms. The number of para-hydroxylation sites is 1. The average Bonchev–Trinajstić information content (AvgIpc) is 3.22. The van der Waals surface area contributed by atoms with Gasteiger partial charge in [-0.25, -0.2) is 4.39 Å². The van der Waals surface area contributed by atoms with Gasteiger partial charge in [0.15, 0.2) is 0 Å². The molecule has 1 aromatic heterocycles. The predicted octanol–water partition coefficient (Wildman–Crippen LogP) is 4.21. The van der Waals surface area contributed by atoms with Gasteiger partial charge < -0.3 is 14.5 Å². The molecular formula is C22H29FN2O2S. The van der Waals surface area contributed by atoms with E-state index in [9.17, 15) is 9.18 Å². The SMILES string of the molecule is COC(C)C(=O)N(c1ccccc1F)[C@H]1CCN(CCc2cccs2)C[C@@H]1C. The minimum atomic E-state index is -0.608. The van der Waals surface area contributed by atoms with Gasteiger partial charge in [-0.15, -0.1) is 11.3 Å². The van der Waals surface area contributed by atoms with Crippen LogP contribution in [0.3, 0.4) is 0 Å². The monoisotopic (exact) mass is 404 g/mol. The first kappa shape index (κ1) is 21.0. The Morgan fingerprint density at radius 1 is 1.36 bits per heavy atom. The summed E-state index contributed by atoms with van der Waals surface area (Å²) in [5, 5.41) is 2.11. The van der Waals surface area contributed by atoms with Crippen molar-refractivity contribution in [3.8, 4) is 0 Å². The van der Waals surface area contributed by atoms with Crippen LogP contribution in [0.2, 0.25) is 0 Å². The molecule has 0 aliphatic carbocycles. The number of methoxy groups -OCH3 is 1. The molecule has 3 atom stereocenters. The zero-order valence-electron chi connectivity index (χ0n) is 16.8. The first-order chi connectivity index (χ1) is 13.5. The quantitative estimate of drug-likeness (QED) is 0.693. The third kappa shape index (κ3) is 4.80. The van der Waals surface area contributed by atoms with Crippen molar-refractivity contribution in [2.45, 2.75) is 38.8 Å². The molecule has 0 N–H and O–H groups in total. The fourth-order valence-corrected chi connectivity index (χ4v) is 4.63. The topological polar surface area (TPSA) is 32.8 Å². The van der Waals surface area contributed by atoms with Gasteiger partial charge in [-0.1, -0.05) is 25.1 Å². The highest BCUT2D eigenvalue weighted by atomic mass is 32.1. The molecule has 1 aromatic carbocycles. The van der Waals surface area contributed by atoms with E-state index in [2.05, 4.69) is 29.3 Å². The smallest absolute Gasteiger partial charge is 0.256 e. The maximum Gasteiger partial charge on any atom is 0.256 e. The number of carbonyl (C=O) groups excluding carboxylic acids is 1. The van der Waals surface area contributed by atoms with Gasteiger partial charge >= 0.3 is 0 Å². The van der Waals surface area contributed by atoms with Crippen molar-refractivity contribution >= 4 is 22.9 Å². The first-order valence-corrected chi connectivity index (χ1v) is 10.7. The van der Waals surface area contributed by atoms with Gasteiger partial charge in [0.05, 0.1) is 5.69 Å². The van der Waals surface area contributed by atoms with Crippen molar-refractivity contribution in [3.63, 3.8) is 0 Å². The Hall–Kier alpha value is -1.76. The second-order valence-electron chi connectivity index (χ2n) is 7.50. The second-order valence-corrected chi connectivity index (χ2v) is 8.53. The molecule has 1 aliphatic heterocycles. The summed E-state index contributed by atoms with van der Waals surface area (Å²) in [6.45, 7) is 6.69. The molecule has 1 fully saturated rings. The molecule has 0 bridgehead atoms. The molecule has 152 valence electrons. The van der Waals surface area contributed by atoms with E-state index < -0.39 is 6.10 Å². The van der Waals surface area contributed by atoms with Gasteiger partial charge in [0.2, 0.25) is 0 Å². The number of hydrogen-bond acceptors (Lipinski definition) is 4. The van der Waals surface area contributed by atoms with E-state index in [1.54, 1.807) is 41.4 Å². The first-order valence-electron chi connectivity index (χ1n) is 9.86. The van der Waals surface area contributed by atoms with E-state index >= 15 is 0 Å². The fraction of sp³-hybridized carbons (Fsp3) is 0.500. The third-order valence-corrected chi connectivity index (χ3v) is 6.52. The highest BCUT2D eigenvalue weighted by Gasteiger charge is 2.36. The van der Waals surface area contributed by atoms with Crippen LogP contribution >= 0.6 is 11.3 Å². The minimum absolute atomic E-state index is 0.0417. The number of carbonyl (C=O) groups is 1. The van der Waals surface area contributed by atoms with Crippen LogP contribution < -0.4 is 4.90 Å². The summed E-state index contributed by atoms with van der Waals surface area (Å²) in [5.41, 5.74) is 0.347. The fourth-order valence-electron chi connectivity index (χ4n) is 3.93. The summed E-state index contributed by atoms with van der Waals surface area (Å²) >= 11 is 1.79. The highest BCUT2D eigenvalue weighted by Crippen LogP contribution is 2.30. The van der Waals surface area contributed by atoms with Crippen LogP contribution in [0.25, 0.3) is 0 Å². The Bertz CT molecular complexity index is 768. The van der Waals surface area contributed by atoms with Crippen LogP contribution in [0.5, 0.6) is 0 Å². The number of hydrogen-bond donors (Lipinski definition) is 0. The van der Waals surface area contributed by atoms with Gasteiger partial charge in [0.1, 0.15) is 11.9 Å². The van der Waals surface area contributed by atoms with Crippen molar-refractivity contribution in [1.82, 2.24) is 4.90 Å². The molecule has 1 aliphatic rings.